The van der Waals surface area contributed by atoms with E-state index in [1.807, 2.05) is 7.05 Å². The molecule has 5 heteroatoms. The summed E-state index contributed by atoms with van der Waals surface area (Å²) in [6.45, 7) is 10.1. The number of hydrogen-bond donors (Lipinski definition) is 2. The summed E-state index contributed by atoms with van der Waals surface area (Å²) < 4.78 is 2.09. The second-order valence-electron chi connectivity index (χ2n) is 8.10. The van der Waals surface area contributed by atoms with E-state index in [0.29, 0.717) is 17.5 Å². The molecule has 1 saturated carbocycles. The van der Waals surface area contributed by atoms with E-state index in [1.165, 1.54) is 17.7 Å². The Morgan fingerprint density at radius 2 is 2.22 bits per heavy atom. The van der Waals surface area contributed by atoms with Crippen molar-refractivity contribution >= 4 is 5.96 Å². The number of fused-ring (bicyclic) bond motifs is 1. The molecule has 128 valence electrons. The molecule has 3 rings (SSSR count). The number of rotatable bonds is 4. The van der Waals surface area contributed by atoms with Crippen LogP contribution < -0.4 is 10.6 Å². The molecule has 1 aromatic heterocycles. The predicted molar refractivity (Wildman–Crippen MR) is 94.8 cm³/mol. The van der Waals surface area contributed by atoms with E-state index in [-0.39, 0.29) is 0 Å². The second-order valence-corrected chi connectivity index (χ2v) is 8.10. The van der Waals surface area contributed by atoms with Gasteiger partial charge in [-0.2, -0.15) is 5.10 Å². The maximum absolute atomic E-state index is 4.75. The van der Waals surface area contributed by atoms with E-state index in [4.69, 9.17) is 5.10 Å². The highest BCUT2D eigenvalue weighted by molar-refractivity contribution is 5.80. The molecule has 0 spiro atoms. The number of nitrogens with zero attached hydrogens (tertiary/aromatic N) is 3. The lowest BCUT2D eigenvalue weighted by Crippen LogP contribution is -2.46. The van der Waals surface area contributed by atoms with Crippen LogP contribution >= 0.6 is 0 Å². The first-order chi connectivity index (χ1) is 10.9. The molecule has 0 aliphatic heterocycles. The van der Waals surface area contributed by atoms with E-state index in [2.05, 4.69) is 54.2 Å². The van der Waals surface area contributed by atoms with Crippen molar-refractivity contribution in [2.45, 2.75) is 65.5 Å². The highest BCUT2D eigenvalue weighted by atomic mass is 15.3. The fourth-order valence-corrected chi connectivity index (χ4v) is 3.43. The maximum atomic E-state index is 4.75. The molecule has 0 amide bonds. The monoisotopic (exact) mass is 317 g/mol. The third-order valence-electron chi connectivity index (χ3n) is 5.42. The molecule has 1 heterocycles. The van der Waals surface area contributed by atoms with Gasteiger partial charge in [-0.15, -0.1) is 0 Å². The van der Waals surface area contributed by atoms with Crippen LogP contribution in [0.4, 0.5) is 0 Å². The van der Waals surface area contributed by atoms with Gasteiger partial charge in [-0.1, -0.05) is 13.8 Å². The van der Waals surface area contributed by atoms with E-state index >= 15 is 0 Å². The number of hydrogen-bond acceptors (Lipinski definition) is 2. The molecule has 2 aliphatic rings. The number of nitrogens with one attached hydrogen (secondary N) is 2. The zero-order valence-electron chi connectivity index (χ0n) is 15.2. The molecule has 0 saturated heterocycles. The number of aryl methyl sites for hydroxylation is 1. The summed E-state index contributed by atoms with van der Waals surface area (Å²) in [7, 11) is 1.86. The van der Waals surface area contributed by atoms with E-state index < -0.39 is 0 Å². The SMILES string of the molecule is CN=C(NCC1CC1(C)C)NC1CCc2cn(C(C)C)nc2C1. The van der Waals surface area contributed by atoms with Crippen LogP contribution in [0, 0.1) is 11.3 Å². The summed E-state index contributed by atoms with van der Waals surface area (Å²) in [5.41, 5.74) is 3.18. The Labute approximate surface area is 139 Å². The van der Waals surface area contributed by atoms with Crippen molar-refractivity contribution < 1.29 is 0 Å². The highest BCUT2D eigenvalue weighted by Crippen LogP contribution is 2.50. The Bertz CT molecular complexity index is 584. The summed E-state index contributed by atoms with van der Waals surface area (Å²) in [6.07, 6.45) is 6.78. The van der Waals surface area contributed by atoms with Crippen molar-refractivity contribution in [2.24, 2.45) is 16.3 Å². The van der Waals surface area contributed by atoms with Crippen LogP contribution in [0.25, 0.3) is 0 Å². The van der Waals surface area contributed by atoms with Gasteiger partial charge in [-0.05, 0) is 50.0 Å². The largest absolute Gasteiger partial charge is 0.356 e. The summed E-state index contributed by atoms with van der Waals surface area (Å²) in [6, 6.07) is 0.861. The standard InChI is InChI=1S/C18H31N5/c1-12(2)23-11-13-6-7-15(8-16(13)22-23)21-17(19-5)20-10-14-9-18(14,3)4/h11-12,14-15H,6-10H2,1-5H3,(H2,19,20,21). The molecule has 23 heavy (non-hydrogen) atoms. The molecule has 1 fully saturated rings. The van der Waals surface area contributed by atoms with Crippen molar-refractivity contribution in [3.63, 3.8) is 0 Å². The lowest BCUT2D eigenvalue weighted by Gasteiger charge is -2.24. The summed E-state index contributed by atoms with van der Waals surface area (Å²) in [5, 5.41) is 11.8. The zero-order valence-corrected chi connectivity index (χ0v) is 15.2. The van der Waals surface area contributed by atoms with Crippen LogP contribution in [-0.4, -0.2) is 35.4 Å². The van der Waals surface area contributed by atoms with Crippen LogP contribution in [0.3, 0.4) is 0 Å². The van der Waals surface area contributed by atoms with Crippen molar-refractivity contribution in [1.29, 1.82) is 0 Å². The van der Waals surface area contributed by atoms with Crippen molar-refractivity contribution in [3.05, 3.63) is 17.5 Å². The molecular formula is C18H31N5. The smallest absolute Gasteiger partial charge is 0.191 e. The van der Waals surface area contributed by atoms with Crippen LogP contribution in [0.5, 0.6) is 0 Å². The fraction of sp³-hybridized carbons (Fsp3) is 0.778. The van der Waals surface area contributed by atoms with Crippen molar-refractivity contribution in [1.82, 2.24) is 20.4 Å². The highest BCUT2D eigenvalue weighted by Gasteiger charge is 2.45. The Morgan fingerprint density at radius 1 is 1.48 bits per heavy atom. The summed E-state index contributed by atoms with van der Waals surface area (Å²) in [4.78, 5) is 4.39. The summed E-state index contributed by atoms with van der Waals surface area (Å²) >= 11 is 0. The molecule has 1 aromatic rings. The third kappa shape index (κ3) is 3.70. The number of guanidine groups is 1. The van der Waals surface area contributed by atoms with Crippen LogP contribution in [0.2, 0.25) is 0 Å². The first-order valence-electron chi connectivity index (χ1n) is 8.93. The van der Waals surface area contributed by atoms with Gasteiger partial charge in [0.15, 0.2) is 5.96 Å². The fourth-order valence-electron chi connectivity index (χ4n) is 3.43. The molecule has 2 N–H and O–H groups in total. The topological polar surface area (TPSA) is 54.2 Å². The minimum absolute atomic E-state index is 0.427. The van der Waals surface area contributed by atoms with Crippen molar-refractivity contribution in [2.75, 3.05) is 13.6 Å². The van der Waals surface area contributed by atoms with Crippen molar-refractivity contribution in [3.8, 4) is 0 Å². The van der Waals surface area contributed by atoms with Crippen LogP contribution in [0.1, 0.15) is 57.8 Å². The van der Waals surface area contributed by atoms with Gasteiger partial charge in [0.05, 0.1) is 5.69 Å². The van der Waals surface area contributed by atoms with Gasteiger partial charge in [0.25, 0.3) is 0 Å². The molecular weight excluding hydrogens is 286 g/mol. The Balaban J connectivity index is 1.53. The normalized spacial score (nSPS) is 26.1. The predicted octanol–water partition coefficient (Wildman–Crippen LogP) is 2.53. The molecule has 0 bridgehead atoms. The van der Waals surface area contributed by atoms with Gasteiger partial charge in [0.2, 0.25) is 0 Å². The lowest BCUT2D eigenvalue weighted by atomic mass is 9.94. The minimum Gasteiger partial charge on any atom is -0.356 e. The second kappa shape index (κ2) is 6.17. The first-order valence-corrected chi connectivity index (χ1v) is 8.93. The zero-order chi connectivity index (χ0) is 16.6. The molecule has 5 nitrogen and oxygen atoms in total. The number of aliphatic imine (C=N–C) groups is 1. The Kier molecular flexibility index (Phi) is 4.39. The average Bonchev–Trinajstić information content (AvgIpc) is 2.93. The quantitative estimate of drug-likeness (QED) is 0.663. The van der Waals surface area contributed by atoms with Crippen LogP contribution in [0.15, 0.2) is 11.2 Å². The van der Waals surface area contributed by atoms with Gasteiger partial charge in [0, 0.05) is 38.3 Å². The van der Waals surface area contributed by atoms with E-state index in [1.54, 1.807) is 0 Å². The molecule has 2 atom stereocenters. The van der Waals surface area contributed by atoms with Crippen LogP contribution in [-0.2, 0) is 12.8 Å². The molecule has 2 unspecified atom stereocenters. The first kappa shape index (κ1) is 16.3. The molecule has 0 aromatic carbocycles. The number of aromatic nitrogens is 2. The maximum Gasteiger partial charge on any atom is 0.191 e. The van der Waals surface area contributed by atoms with Gasteiger partial charge in [-0.3, -0.25) is 9.67 Å². The lowest BCUT2D eigenvalue weighted by molar-refractivity contribution is 0.495. The molecule has 0 radical (unpaired) electrons. The average molecular weight is 317 g/mol. The van der Waals surface area contributed by atoms with Gasteiger partial charge in [-0.25, -0.2) is 0 Å². The van der Waals surface area contributed by atoms with Gasteiger partial charge < -0.3 is 10.6 Å². The summed E-state index contributed by atoms with van der Waals surface area (Å²) in [5.74, 6) is 1.71. The Morgan fingerprint density at radius 3 is 2.83 bits per heavy atom. The van der Waals surface area contributed by atoms with E-state index in [0.717, 1.165) is 37.7 Å². The third-order valence-corrected chi connectivity index (χ3v) is 5.42. The minimum atomic E-state index is 0.427. The molecule has 2 aliphatic carbocycles. The van der Waals surface area contributed by atoms with Gasteiger partial charge >= 0.3 is 0 Å². The van der Waals surface area contributed by atoms with E-state index in [9.17, 15) is 0 Å². The Hall–Kier alpha value is -1.52. The van der Waals surface area contributed by atoms with Gasteiger partial charge in [0.1, 0.15) is 0 Å².